The number of para-hydroxylation sites is 1. The zero-order valence-corrected chi connectivity index (χ0v) is 13.3. The van der Waals surface area contributed by atoms with Gasteiger partial charge in [0, 0.05) is 15.6 Å². The Labute approximate surface area is 126 Å². The van der Waals surface area contributed by atoms with Crippen LogP contribution in [0.2, 0.25) is 0 Å². The molecule has 0 saturated heterocycles. The second-order valence-corrected chi connectivity index (χ2v) is 6.54. The lowest BCUT2D eigenvalue weighted by Crippen LogP contribution is -3.08. The average Bonchev–Trinajstić information content (AvgIpc) is 2.90. The predicted octanol–water partition coefficient (Wildman–Crippen LogP) is 2.47. The molecule has 4 nitrogen and oxygen atoms in total. The highest BCUT2D eigenvalue weighted by molar-refractivity contribution is 9.10. The molecule has 1 heterocycles. The fourth-order valence-corrected chi connectivity index (χ4v) is 3.71. The number of aromatic amines is 1. The van der Waals surface area contributed by atoms with Crippen LogP contribution in [0, 0.1) is 5.21 Å². The summed E-state index contributed by atoms with van der Waals surface area (Å²) in [7, 11) is 0. The highest BCUT2D eigenvalue weighted by Crippen LogP contribution is 2.42. The van der Waals surface area contributed by atoms with E-state index >= 15 is 0 Å². The van der Waals surface area contributed by atoms with E-state index in [9.17, 15) is 5.21 Å². The van der Waals surface area contributed by atoms with Crippen LogP contribution in [0.1, 0.15) is 31.5 Å². The van der Waals surface area contributed by atoms with Gasteiger partial charge in [0.25, 0.3) is 0 Å². The summed E-state index contributed by atoms with van der Waals surface area (Å²) in [5.74, 6) is 0. The van der Waals surface area contributed by atoms with Crippen LogP contribution < -0.4 is 5.23 Å². The number of fused-ring (bicyclic) bond motifs is 3. The van der Waals surface area contributed by atoms with E-state index in [0.717, 1.165) is 22.8 Å². The van der Waals surface area contributed by atoms with Gasteiger partial charge in [-0.05, 0) is 54.2 Å². The summed E-state index contributed by atoms with van der Waals surface area (Å²) in [6, 6.07) is 6.24. The first kappa shape index (κ1) is 14.1. The number of hydrogen-bond acceptors (Lipinski definition) is 2. The number of rotatable bonds is 4. The fraction of sp³-hybridized carbons (Fsp3) is 0.467. The van der Waals surface area contributed by atoms with Crippen molar-refractivity contribution in [2.24, 2.45) is 0 Å². The number of benzene rings is 1. The van der Waals surface area contributed by atoms with Crippen molar-refractivity contribution in [2.45, 2.75) is 32.1 Å². The lowest BCUT2D eigenvalue weighted by atomic mass is 9.88. The van der Waals surface area contributed by atoms with E-state index in [1.807, 2.05) is 13.0 Å². The molecule has 2 N–H and O–H groups in total. The Hall–Kier alpha value is -0.880. The van der Waals surface area contributed by atoms with Crippen LogP contribution in [0.25, 0.3) is 10.9 Å². The van der Waals surface area contributed by atoms with Crippen LogP contribution in [-0.2, 0) is 16.7 Å². The van der Waals surface area contributed by atoms with Crippen molar-refractivity contribution in [1.29, 1.82) is 0 Å². The van der Waals surface area contributed by atoms with E-state index in [4.69, 9.17) is 4.84 Å². The van der Waals surface area contributed by atoms with Gasteiger partial charge in [-0.25, -0.2) is 10.1 Å². The molecular weight excluding hydrogens is 320 g/mol. The van der Waals surface area contributed by atoms with E-state index in [-0.39, 0.29) is 10.6 Å². The Morgan fingerprint density at radius 2 is 2.30 bits per heavy atom. The quantitative estimate of drug-likeness (QED) is 0.841. The van der Waals surface area contributed by atoms with Crippen LogP contribution in [0.4, 0.5) is 0 Å². The van der Waals surface area contributed by atoms with E-state index < -0.39 is 0 Å². The minimum absolute atomic E-state index is 0.111. The number of hydroxylamine groups is 2. The average molecular weight is 339 g/mol. The summed E-state index contributed by atoms with van der Waals surface area (Å²) in [6.45, 7) is 4.89. The molecule has 0 radical (unpaired) electrons. The number of halogens is 1. The van der Waals surface area contributed by atoms with Crippen molar-refractivity contribution < 1.29 is 10.1 Å². The van der Waals surface area contributed by atoms with Crippen LogP contribution in [0.3, 0.4) is 0 Å². The lowest BCUT2D eigenvalue weighted by Gasteiger charge is -2.29. The molecule has 1 aliphatic carbocycles. The van der Waals surface area contributed by atoms with Crippen LogP contribution in [0.5, 0.6) is 0 Å². The van der Waals surface area contributed by atoms with Gasteiger partial charge in [-0.2, -0.15) is 0 Å². The largest absolute Gasteiger partial charge is 0.600 e. The third-order valence-corrected chi connectivity index (χ3v) is 4.92. The van der Waals surface area contributed by atoms with Crippen molar-refractivity contribution in [1.82, 2.24) is 4.98 Å². The summed E-state index contributed by atoms with van der Waals surface area (Å²) < 4.78 is 1.07. The Morgan fingerprint density at radius 1 is 1.50 bits per heavy atom. The van der Waals surface area contributed by atoms with Gasteiger partial charge in [0.2, 0.25) is 0 Å². The highest BCUT2D eigenvalue weighted by Gasteiger charge is 2.40. The Balaban J connectivity index is 2.01. The van der Waals surface area contributed by atoms with Gasteiger partial charge in [-0.15, -0.1) is 0 Å². The van der Waals surface area contributed by atoms with Gasteiger partial charge < -0.3 is 10.2 Å². The van der Waals surface area contributed by atoms with E-state index in [2.05, 4.69) is 40.0 Å². The fourth-order valence-electron chi connectivity index (χ4n) is 3.25. The molecule has 2 aromatic rings. The number of aromatic nitrogens is 1. The minimum atomic E-state index is -0.139. The van der Waals surface area contributed by atoms with E-state index in [1.54, 1.807) is 0 Å². The number of hydrogen-bond donors (Lipinski definition) is 2. The summed E-state index contributed by atoms with van der Waals surface area (Å²) in [5.41, 5.74) is 3.55. The molecule has 2 unspecified atom stereocenters. The first-order chi connectivity index (χ1) is 9.55. The van der Waals surface area contributed by atoms with Gasteiger partial charge in [-0.3, -0.25) is 0 Å². The summed E-state index contributed by atoms with van der Waals surface area (Å²) in [6.07, 6.45) is 2.01. The maximum Gasteiger partial charge on any atom is 0.118 e. The molecule has 2 atom stereocenters. The molecule has 3 rings (SSSR count). The topological polar surface area (TPSA) is 52.5 Å². The molecule has 1 aromatic carbocycles. The van der Waals surface area contributed by atoms with E-state index in [0.29, 0.717) is 13.2 Å². The zero-order valence-electron chi connectivity index (χ0n) is 11.8. The number of aryl methyl sites for hydroxylation is 1. The molecule has 20 heavy (non-hydrogen) atoms. The third-order valence-electron chi connectivity index (χ3n) is 4.26. The number of quaternary nitrogens is 1. The van der Waals surface area contributed by atoms with Gasteiger partial charge in [-0.1, -0.05) is 12.1 Å². The smallest absolute Gasteiger partial charge is 0.118 e. The van der Waals surface area contributed by atoms with Gasteiger partial charge in [0.15, 0.2) is 0 Å². The summed E-state index contributed by atoms with van der Waals surface area (Å²) >= 11 is 3.59. The van der Waals surface area contributed by atoms with Crippen molar-refractivity contribution in [3.8, 4) is 0 Å². The first-order valence-electron chi connectivity index (χ1n) is 7.00. The standard InChI is InChI=1S/C15H19BrN2O2/c1-3-20-18(19)9-15(2)8-7-11-10-5-4-6-12(16)13(10)17-14(11)15/h4-6,17-18H,3,7-9H2,1-2H3. The second kappa shape index (κ2) is 5.15. The molecule has 0 amide bonds. The molecule has 0 spiro atoms. The van der Waals surface area contributed by atoms with Crippen LogP contribution >= 0.6 is 15.9 Å². The molecule has 0 aliphatic heterocycles. The Morgan fingerprint density at radius 3 is 3.05 bits per heavy atom. The number of nitrogens with one attached hydrogen (secondary N) is 2. The molecular formula is C15H19BrN2O2. The predicted molar refractivity (Wildman–Crippen MR) is 82.5 cm³/mol. The van der Waals surface area contributed by atoms with Crippen molar-refractivity contribution in [2.75, 3.05) is 13.2 Å². The second-order valence-electron chi connectivity index (χ2n) is 5.68. The Bertz CT molecular complexity index is 640. The molecule has 1 aliphatic rings. The SMILES string of the molecule is CCO[NH+]([O-])CC1(C)CCc2c1[nH]c1c(Br)cccc21. The van der Waals surface area contributed by atoms with Crippen molar-refractivity contribution in [3.05, 3.63) is 39.1 Å². The molecule has 5 heteroatoms. The maximum absolute atomic E-state index is 11.9. The number of H-pyrrole nitrogens is 1. The van der Waals surface area contributed by atoms with Gasteiger partial charge >= 0.3 is 0 Å². The van der Waals surface area contributed by atoms with Crippen molar-refractivity contribution >= 4 is 26.8 Å². The van der Waals surface area contributed by atoms with Crippen LogP contribution in [0.15, 0.2) is 22.7 Å². The Kier molecular flexibility index (Phi) is 3.62. The normalized spacial score (nSPS) is 23.2. The van der Waals surface area contributed by atoms with E-state index in [1.165, 1.54) is 16.6 Å². The zero-order chi connectivity index (χ0) is 14.3. The van der Waals surface area contributed by atoms with Gasteiger partial charge in [0.05, 0.1) is 10.9 Å². The van der Waals surface area contributed by atoms with Crippen LogP contribution in [-0.4, -0.2) is 18.1 Å². The maximum atomic E-state index is 11.9. The van der Waals surface area contributed by atoms with Crippen molar-refractivity contribution in [3.63, 3.8) is 0 Å². The lowest BCUT2D eigenvalue weighted by molar-refractivity contribution is -1.05. The monoisotopic (exact) mass is 338 g/mol. The summed E-state index contributed by atoms with van der Waals surface area (Å²) in [4.78, 5) is 8.65. The molecule has 0 saturated carbocycles. The molecule has 0 bridgehead atoms. The minimum Gasteiger partial charge on any atom is -0.600 e. The third kappa shape index (κ3) is 2.19. The molecule has 1 aromatic heterocycles. The molecule has 108 valence electrons. The molecule has 0 fully saturated rings. The van der Waals surface area contributed by atoms with Gasteiger partial charge in [0.1, 0.15) is 13.2 Å². The first-order valence-corrected chi connectivity index (χ1v) is 7.79. The highest BCUT2D eigenvalue weighted by atomic mass is 79.9. The summed E-state index contributed by atoms with van der Waals surface area (Å²) in [5, 5.41) is 13.0.